The van der Waals surface area contributed by atoms with Gasteiger partial charge >= 0.3 is 0 Å². The molecule has 1 aromatic rings. The molecule has 3 nitrogen and oxygen atoms in total. The zero-order valence-electron chi connectivity index (χ0n) is 11.6. The first-order chi connectivity index (χ1) is 8.77. The second kappa shape index (κ2) is 6.76. The van der Waals surface area contributed by atoms with Crippen molar-refractivity contribution in [1.29, 1.82) is 0 Å². The number of nitrogens with two attached hydrogens (primary N) is 1. The topological polar surface area (TPSA) is 30.3 Å². The minimum absolute atomic E-state index is 0.526. The zero-order valence-corrected chi connectivity index (χ0v) is 11.6. The van der Waals surface area contributed by atoms with Gasteiger partial charge in [0, 0.05) is 0 Å². The zero-order chi connectivity index (χ0) is 12.8. The average Bonchev–Trinajstić information content (AvgIpc) is 2.40. The predicted octanol–water partition coefficient (Wildman–Crippen LogP) is -0.349. The maximum atomic E-state index is 5.97. The van der Waals surface area contributed by atoms with Crippen molar-refractivity contribution >= 4 is 0 Å². The standard InChI is InChI=1S/C15H24N2O/c1-13(2)14-5-3-4-6-15(14)18-12-11-17-9-7-16-8-10-17/h3-6,13,16H,7-12H2,1-2H3/p+2. The third-order valence-electron chi connectivity index (χ3n) is 3.66. The highest BCUT2D eigenvalue weighted by molar-refractivity contribution is 5.35. The largest absolute Gasteiger partial charge is 0.487 e. The predicted molar refractivity (Wildman–Crippen MR) is 73.2 cm³/mol. The van der Waals surface area contributed by atoms with E-state index in [1.165, 1.54) is 31.7 Å². The summed E-state index contributed by atoms with van der Waals surface area (Å²) in [7, 11) is 0. The van der Waals surface area contributed by atoms with Crippen LogP contribution in [-0.4, -0.2) is 39.3 Å². The molecule has 0 bridgehead atoms. The lowest BCUT2D eigenvalue weighted by Crippen LogP contribution is -3.20. The molecule has 0 unspecified atom stereocenters. The van der Waals surface area contributed by atoms with Gasteiger partial charge in [0.05, 0.1) is 0 Å². The second-order valence-corrected chi connectivity index (χ2v) is 5.41. The van der Waals surface area contributed by atoms with E-state index in [2.05, 4.69) is 43.4 Å². The van der Waals surface area contributed by atoms with Crippen molar-refractivity contribution in [3.63, 3.8) is 0 Å². The molecule has 0 aliphatic carbocycles. The molecule has 1 aromatic carbocycles. The molecule has 1 saturated heterocycles. The molecule has 0 amide bonds. The third kappa shape index (κ3) is 3.72. The van der Waals surface area contributed by atoms with E-state index in [0.29, 0.717) is 5.92 Å². The van der Waals surface area contributed by atoms with E-state index in [1.54, 1.807) is 4.90 Å². The number of benzene rings is 1. The lowest BCUT2D eigenvalue weighted by molar-refractivity contribution is -0.946. The molecule has 1 aliphatic heterocycles. The molecule has 0 radical (unpaired) electrons. The van der Waals surface area contributed by atoms with E-state index in [0.717, 1.165) is 18.9 Å². The summed E-state index contributed by atoms with van der Waals surface area (Å²) in [5.74, 6) is 1.59. The van der Waals surface area contributed by atoms with Gasteiger partial charge in [-0.2, -0.15) is 0 Å². The van der Waals surface area contributed by atoms with Gasteiger partial charge in [-0.05, 0) is 17.5 Å². The Labute approximate surface area is 110 Å². The molecule has 1 aliphatic rings. The highest BCUT2D eigenvalue weighted by atomic mass is 16.5. The van der Waals surface area contributed by atoms with Crippen LogP contribution in [0.15, 0.2) is 24.3 Å². The first-order valence-corrected chi connectivity index (χ1v) is 7.14. The summed E-state index contributed by atoms with van der Waals surface area (Å²) in [5.41, 5.74) is 1.32. The minimum atomic E-state index is 0.526. The van der Waals surface area contributed by atoms with Crippen LogP contribution in [0.2, 0.25) is 0 Å². The van der Waals surface area contributed by atoms with Crippen LogP contribution < -0.4 is 15.0 Å². The van der Waals surface area contributed by atoms with Crippen molar-refractivity contribution in [2.24, 2.45) is 0 Å². The van der Waals surface area contributed by atoms with Crippen LogP contribution in [0, 0.1) is 0 Å². The SMILES string of the molecule is CC(C)c1ccccc1OCC[NH+]1CC[NH2+]CC1. The monoisotopic (exact) mass is 250 g/mol. The van der Waals surface area contributed by atoms with Crippen molar-refractivity contribution in [3.8, 4) is 5.75 Å². The lowest BCUT2D eigenvalue weighted by atomic mass is 10.0. The number of piperazine rings is 1. The quantitative estimate of drug-likeness (QED) is 0.735. The Bertz CT molecular complexity index is 359. The first-order valence-electron chi connectivity index (χ1n) is 7.14. The number of ether oxygens (including phenoxy) is 1. The summed E-state index contributed by atoms with van der Waals surface area (Å²) in [5, 5.41) is 2.40. The average molecular weight is 250 g/mol. The van der Waals surface area contributed by atoms with Crippen LogP contribution in [0.1, 0.15) is 25.3 Å². The summed E-state index contributed by atoms with van der Waals surface area (Å²) in [6, 6.07) is 8.41. The van der Waals surface area contributed by atoms with Crippen LogP contribution >= 0.6 is 0 Å². The van der Waals surface area contributed by atoms with Crippen LogP contribution in [0.4, 0.5) is 0 Å². The van der Waals surface area contributed by atoms with Gasteiger partial charge in [-0.25, -0.2) is 0 Å². The summed E-state index contributed by atoms with van der Waals surface area (Å²) in [6.45, 7) is 11.5. The summed E-state index contributed by atoms with van der Waals surface area (Å²) < 4.78 is 5.97. The van der Waals surface area contributed by atoms with E-state index in [4.69, 9.17) is 4.74 Å². The van der Waals surface area contributed by atoms with Gasteiger partial charge in [0.15, 0.2) is 0 Å². The molecule has 0 spiro atoms. The minimum Gasteiger partial charge on any atom is -0.487 e. The van der Waals surface area contributed by atoms with Crippen molar-refractivity contribution in [1.82, 2.24) is 0 Å². The summed E-state index contributed by atoms with van der Waals surface area (Å²) in [4.78, 5) is 1.68. The van der Waals surface area contributed by atoms with E-state index in [9.17, 15) is 0 Å². The highest BCUT2D eigenvalue weighted by Gasteiger charge is 2.15. The number of rotatable bonds is 5. The van der Waals surface area contributed by atoms with Crippen LogP contribution in [-0.2, 0) is 0 Å². The van der Waals surface area contributed by atoms with Crippen molar-refractivity contribution in [3.05, 3.63) is 29.8 Å². The van der Waals surface area contributed by atoms with Gasteiger partial charge in [0.1, 0.15) is 45.1 Å². The van der Waals surface area contributed by atoms with Crippen LogP contribution in [0.25, 0.3) is 0 Å². The summed E-state index contributed by atoms with van der Waals surface area (Å²) >= 11 is 0. The molecule has 0 aromatic heterocycles. The number of hydrogen-bond acceptors (Lipinski definition) is 1. The van der Waals surface area contributed by atoms with Gasteiger partial charge in [0.25, 0.3) is 0 Å². The normalized spacial score (nSPS) is 17.1. The van der Waals surface area contributed by atoms with Gasteiger partial charge in [-0.3, -0.25) is 0 Å². The Kier molecular flexibility index (Phi) is 5.02. The molecular weight excluding hydrogens is 224 g/mol. The Morgan fingerprint density at radius 3 is 2.67 bits per heavy atom. The molecule has 1 heterocycles. The lowest BCUT2D eigenvalue weighted by Gasteiger charge is -2.22. The molecule has 3 N–H and O–H groups in total. The van der Waals surface area contributed by atoms with Gasteiger partial charge in [-0.1, -0.05) is 32.0 Å². The van der Waals surface area contributed by atoms with Gasteiger partial charge in [0.2, 0.25) is 0 Å². The number of para-hydroxylation sites is 1. The maximum Gasteiger partial charge on any atom is 0.137 e. The van der Waals surface area contributed by atoms with Gasteiger partial charge in [-0.15, -0.1) is 0 Å². The Hall–Kier alpha value is -1.06. The molecule has 100 valence electrons. The van der Waals surface area contributed by atoms with E-state index in [1.807, 2.05) is 0 Å². The van der Waals surface area contributed by atoms with Crippen molar-refractivity contribution in [2.75, 3.05) is 39.3 Å². The maximum absolute atomic E-state index is 5.97. The van der Waals surface area contributed by atoms with Gasteiger partial charge < -0.3 is 15.0 Å². The fourth-order valence-electron chi connectivity index (χ4n) is 2.53. The molecule has 0 saturated carbocycles. The molecule has 1 fully saturated rings. The Balaban J connectivity index is 1.82. The van der Waals surface area contributed by atoms with Crippen LogP contribution in [0.5, 0.6) is 5.75 Å². The summed E-state index contributed by atoms with van der Waals surface area (Å²) in [6.07, 6.45) is 0. The molecule has 18 heavy (non-hydrogen) atoms. The Morgan fingerprint density at radius 1 is 1.22 bits per heavy atom. The molecule has 3 heteroatoms. The van der Waals surface area contributed by atoms with E-state index < -0.39 is 0 Å². The molecular formula is C15H26N2O+2. The van der Waals surface area contributed by atoms with E-state index in [-0.39, 0.29) is 0 Å². The first kappa shape index (κ1) is 13.4. The highest BCUT2D eigenvalue weighted by Crippen LogP contribution is 2.25. The third-order valence-corrected chi connectivity index (χ3v) is 3.66. The van der Waals surface area contributed by atoms with Crippen LogP contribution in [0.3, 0.4) is 0 Å². The molecule has 0 atom stereocenters. The second-order valence-electron chi connectivity index (χ2n) is 5.41. The molecule has 2 rings (SSSR count). The fraction of sp³-hybridized carbons (Fsp3) is 0.600. The smallest absolute Gasteiger partial charge is 0.137 e. The number of hydrogen-bond donors (Lipinski definition) is 2. The number of quaternary nitrogens is 2. The van der Waals surface area contributed by atoms with Crippen molar-refractivity contribution < 1.29 is 15.0 Å². The number of nitrogens with one attached hydrogen (secondary N) is 1. The van der Waals surface area contributed by atoms with Crippen molar-refractivity contribution in [2.45, 2.75) is 19.8 Å². The fourth-order valence-corrected chi connectivity index (χ4v) is 2.53. The Morgan fingerprint density at radius 2 is 1.94 bits per heavy atom. The van der Waals surface area contributed by atoms with E-state index >= 15 is 0 Å².